The van der Waals surface area contributed by atoms with Crippen LogP contribution in [0.15, 0.2) is 6.20 Å². The van der Waals surface area contributed by atoms with Gasteiger partial charge in [-0.2, -0.15) is 13.9 Å². The first-order valence-electron chi connectivity index (χ1n) is 3.22. The maximum Gasteiger partial charge on any atom is 0.329 e. The second kappa shape index (κ2) is 2.20. The van der Waals surface area contributed by atoms with Crippen LogP contribution >= 0.6 is 0 Å². The van der Waals surface area contributed by atoms with E-state index in [9.17, 15) is 8.78 Å². The van der Waals surface area contributed by atoms with E-state index in [-0.39, 0.29) is 11.5 Å². The topological polar surface area (TPSA) is 43.1 Å². The first-order valence-corrected chi connectivity index (χ1v) is 3.22. The van der Waals surface area contributed by atoms with Crippen molar-refractivity contribution < 1.29 is 8.78 Å². The summed E-state index contributed by atoms with van der Waals surface area (Å²) < 4.78 is 26.1. The Kier molecular flexibility index (Phi) is 1.30. The van der Waals surface area contributed by atoms with Gasteiger partial charge in [-0.15, -0.1) is 5.10 Å². The first kappa shape index (κ1) is 7.08. The lowest BCUT2D eigenvalue weighted by atomic mass is 10.4. The molecule has 0 unspecified atom stereocenters. The van der Waals surface area contributed by atoms with E-state index in [4.69, 9.17) is 0 Å². The third-order valence-corrected chi connectivity index (χ3v) is 1.44. The molecule has 0 aromatic carbocycles. The fraction of sp³-hybridized carbons (Fsp3) is 0.167. The van der Waals surface area contributed by atoms with Crippen molar-refractivity contribution in [3.8, 4) is 0 Å². The van der Waals surface area contributed by atoms with Gasteiger partial charge in [0.05, 0.1) is 11.9 Å². The molecule has 0 amide bonds. The lowest BCUT2D eigenvalue weighted by molar-refractivity contribution is 0.536. The maximum atomic E-state index is 12.8. The predicted molar refractivity (Wildman–Crippen MR) is 35.4 cm³/mol. The molecule has 62 valence electrons. The molecule has 2 aromatic rings. The van der Waals surface area contributed by atoms with Gasteiger partial charge in [-0.25, -0.2) is 9.37 Å². The Labute approximate surface area is 65.9 Å². The largest absolute Gasteiger partial charge is 0.329 e. The molecule has 2 rings (SSSR count). The quantitative estimate of drug-likeness (QED) is 0.584. The van der Waals surface area contributed by atoms with Crippen molar-refractivity contribution in [2.45, 2.75) is 6.92 Å². The summed E-state index contributed by atoms with van der Waals surface area (Å²) in [5, 5.41) is 3.25. The minimum absolute atomic E-state index is 0.0615. The van der Waals surface area contributed by atoms with Gasteiger partial charge in [0.25, 0.3) is 5.78 Å². The van der Waals surface area contributed by atoms with Crippen LogP contribution in [0.2, 0.25) is 0 Å². The van der Waals surface area contributed by atoms with Crippen LogP contribution in [0.3, 0.4) is 0 Å². The molecular formula is C6H4F2N4. The van der Waals surface area contributed by atoms with Crippen LogP contribution in [0.1, 0.15) is 5.69 Å². The van der Waals surface area contributed by atoms with Crippen LogP contribution in [0, 0.1) is 18.8 Å². The van der Waals surface area contributed by atoms with Gasteiger partial charge in [0.15, 0.2) is 5.82 Å². The lowest BCUT2D eigenvalue weighted by Crippen LogP contribution is -1.96. The summed E-state index contributed by atoms with van der Waals surface area (Å²) in [7, 11) is 0. The van der Waals surface area contributed by atoms with Gasteiger partial charge in [0.1, 0.15) is 0 Å². The summed E-state index contributed by atoms with van der Waals surface area (Å²) in [5.74, 6) is -0.473. The zero-order valence-corrected chi connectivity index (χ0v) is 6.12. The molecule has 0 saturated heterocycles. The normalized spacial score (nSPS) is 10.9. The zero-order chi connectivity index (χ0) is 8.72. The maximum absolute atomic E-state index is 12.8. The van der Waals surface area contributed by atoms with Gasteiger partial charge in [0.2, 0.25) is 0 Å². The molecule has 0 radical (unpaired) electrons. The van der Waals surface area contributed by atoms with Crippen LogP contribution in [-0.4, -0.2) is 19.6 Å². The van der Waals surface area contributed by atoms with E-state index in [2.05, 4.69) is 15.1 Å². The van der Waals surface area contributed by atoms with Gasteiger partial charge in [-0.05, 0) is 6.92 Å². The molecule has 0 spiro atoms. The van der Waals surface area contributed by atoms with Crippen molar-refractivity contribution in [3.05, 3.63) is 23.8 Å². The zero-order valence-electron chi connectivity index (χ0n) is 6.12. The van der Waals surface area contributed by atoms with Crippen LogP contribution in [-0.2, 0) is 0 Å². The first-order chi connectivity index (χ1) is 5.66. The molecule has 0 N–H and O–H groups in total. The highest BCUT2D eigenvalue weighted by atomic mass is 19.1. The molecule has 2 heterocycles. The van der Waals surface area contributed by atoms with Gasteiger partial charge in [0, 0.05) is 0 Å². The standard InChI is InChI=1S/C6H4F2N4/c1-3-4(7)2-12-6(9-3)10-5(8)11-12/h2H,1H3. The Hall–Kier alpha value is -1.59. The van der Waals surface area contributed by atoms with E-state index in [0.29, 0.717) is 0 Å². The van der Waals surface area contributed by atoms with Gasteiger partial charge in [-0.1, -0.05) is 0 Å². The molecule has 0 aliphatic rings. The lowest BCUT2D eigenvalue weighted by Gasteiger charge is -1.93. The third kappa shape index (κ3) is 0.919. The van der Waals surface area contributed by atoms with Crippen molar-refractivity contribution in [2.75, 3.05) is 0 Å². The van der Waals surface area contributed by atoms with E-state index in [0.717, 1.165) is 10.7 Å². The minimum Gasteiger partial charge on any atom is -0.213 e. The van der Waals surface area contributed by atoms with Crippen LogP contribution in [0.25, 0.3) is 5.78 Å². The Morgan fingerprint density at radius 3 is 2.83 bits per heavy atom. The van der Waals surface area contributed by atoms with E-state index < -0.39 is 11.9 Å². The third-order valence-electron chi connectivity index (χ3n) is 1.44. The molecule has 2 aromatic heterocycles. The van der Waals surface area contributed by atoms with E-state index in [1.165, 1.54) is 6.92 Å². The molecule has 6 heteroatoms. The highest BCUT2D eigenvalue weighted by Crippen LogP contribution is 2.03. The van der Waals surface area contributed by atoms with E-state index in [1.54, 1.807) is 0 Å². The molecule has 0 saturated carbocycles. The van der Waals surface area contributed by atoms with Crippen molar-refractivity contribution >= 4 is 5.78 Å². The fourth-order valence-electron chi connectivity index (χ4n) is 0.857. The van der Waals surface area contributed by atoms with E-state index >= 15 is 0 Å². The molecular weight excluding hydrogens is 166 g/mol. The predicted octanol–water partition coefficient (Wildman–Crippen LogP) is 0.711. The van der Waals surface area contributed by atoms with Crippen LogP contribution < -0.4 is 0 Å². The molecule has 0 atom stereocenters. The Morgan fingerprint density at radius 1 is 1.33 bits per heavy atom. The summed E-state index contributed by atoms with van der Waals surface area (Å²) in [5.41, 5.74) is 0.176. The summed E-state index contributed by atoms with van der Waals surface area (Å²) in [4.78, 5) is 6.99. The second-order valence-electron chi connectivity index (χ2n) is 2.30. The van der Waals surface area contributed by atoms with Crippen LogP contribution in [0.5, 0.6) is 0 Å². The second-order valence-corrected chi connectivity index (χ2v) is 2.30. The number of aromatic nitrogens is 4. The molecule has 0 aliphatic carbocycles. The van der Waals surface area contributed by atoms with Crippen molar-refractivity contribution in [3.63, 3.8) is 0 Å². The molecule has 0 bridgehead atoms. The average Bonchev–Trinajstić information content (AvgIpc) is 2.30. The number of fused-ring (bicyclic) bond motifs is 1. The van der Waals surface area contributed by atoms with Gasteiger partial charge < -0.3 is 0 Å². The SMILES string of the molecule is Cc1nc2nc(F)nn2cc1F. The number of aryl methyl sites for hydroxylation is 1. The van der Waals surface area contributed by atoms with Gasteiger partial charge >= 0.3 is 6.08 Å². The Balaban J connectivity index is 2.83. The summed E-state index contributed by atoms with van der Waals surface area (Å²) >= 11 is 0. The molecule has 0 fully saturated rings. The smallest absolute Gasteiger partial charge is 0.213 e. The molecule has 0 aliphatic heterocycles. The summed E-state index contributed by atoms with van der Waals surface area (Å²) in [6.07, 6.45) is 0.126. The highest BCUT2D eigenvalue weighted by molar-refractivity contribution is 5.26. The number of nitrogens with zero attached hydrogens (tertiary/aromatic N) is 4. The monoisotopic (exact) mass is 170 g/mol. The number of halogens is 2. The Morgan fingerprint density at radius 2 is 2.08 bits per heavy atom. The van der Waals surface area contributed by atoms with Crippen molar-refractivity contribution in [2.24, 2.45) is 0 Å². The molecule has 12 heavy (non-hydrogen) atoms. The minimum atomic E-state index is -0.910. The molecule has 4 nitrogen and oxygen atoms in total. The number of hydrogen-bond acceptors (Lipinski definition) is 3. The van der Waals surface area contributed by atoms with Crippen LogP contribution in [0.4, 0.5) is 8.78 Å². The number of rotatable bonds is 0. The van der Waals surface area contributed by atoms with Gasteiger partial charge in [-0.3, -0.25) is 0 Å². The number of hydrogen-bond donors (Lipinski definition) is 0. The highest BCUT2D eigenvalue weighted by Gasteiger charge is 2.06. The van der Waals surface area contributed by atoms with Crippen molar-refractivity contribution in [1.29, 1.82) is 0 Å². The summed E-state index contributed by atoms with van der Waals surface area (Å²) in [6, 6.07) is 0. The average molecular weight is 170 g/mol. The summed E-state index contributed by atoms with van der Waals surface area (Å²) in [6.45, 7) is 1.47. The Bertz CT molecular complexity index is 397. The van der Waals surface area contributed by atoms with E-state index in [1.807, 2.05) is 0 Å². The van der Waals surface area contributed by atoms with Crippen molar-refractivity contribution in [1.82, 2.24) is 19.6 Å². The fourth-order valence-corrected chi connectivity index (χ4v) is 0.857.